The standard InChI is InChI=1S/C39H29N3/c1-3-11-30(12-4-1)25-27-41(28-26-31-13-5-2-6-14-31)35-22-20-33(21-23-35)39-40-37-17-9-10-18-38(37)42(39)36-24-19-32-15-7-8-16-34(32)29-36/h1-29H/b27-25+,28-26+. The lowest BCUT2D eigenvalue weighted by Crippen LogP contribution is -2.06. The third kappa shape index (κ3) is 5.24. The van der Waals surface area contributed by atoms with Crippen LogP contribution in [0.3, 0.4) is 0 Å². The lowest BCUT2D eigenvalue weighted by molar-refractivity contribution is 1.11. The predicted molar refractivity (Wildman–Crippen MR) is 177 cm³/mol. The summed E-state index contributed by atoms with van der Waals surface area (Å²) in [5.74, 6) is 0.921. The molecule has 0 unspecified atom stereocenters. The molecule has 0 aliphatic carbocycles. The lowest BCUT2D eigenvalue weighted by atomic mass is 10.1. The van der Waals surface area contributed by atoms with Crippen LogP contribution < -0.4 is 4.90 Å². The van der Waals surface area contributed by atoms with Gasteiger partial charge in [-0.15, -0.1) is 0 Å². The molecule has 6 aromatic carbocycles. The van der Waals surface area contributed by atoms with E-state index >= 15 is 0 Å². The summed E-state index contributed by atoms with van der Waals surface area (Å²) in [7, 11) is 0. The minimum Gasteiger partial charge on any atom is -0.324 e. The van der Waals surface area contributed by atoms with Gasteiger partial charge in [-0.3, -0.25) is 4.57 Å². The first-order valence-electron chi connectivity index (χ1n) is 14.1. The summed E-state index contributed by atoms with van der Waals surface area (Å²) in [5.41, 5.74) is 7.58. The molecule has 200 valence electrons. The molecule has 42 heavy (non-hydrogen) atoms. The fourth-order valence-electron chi connectivity index (χ4n) is 5.26. The highest BCUT2D eigenvalue weighted by Gasteiger charge is 2.15. The topological polar surface area (TPSA) is 21.1 Å². The van der Waals surface area contributed by atoms with E-state index in [0.717, 1.165) is 44.9 Å². The molecule has 0 fully saturated rings. The Hall–Kier alpha value is -5.67. The molecular formula is C39H29N3. The molecule has 0 N–H and O–H groups in total. The number of benzene rings is 6. The Morgan fingerprint density at radius 2 is 1.12 bits per heavy atom. The van der Waals surface area contributed by atoms with E-state index in [0.29, 0.717) is 0 Å². The van der Waals surface area contributed by atoms with Crippen molar-refractivity contribution in [2.45, 2.75) is 0 Å². The summed E-state index contributed by atoms with van der Waals surface area (Å²) in [5, 5.41) is 2.43. The number of rotatable bonds is 7. The minimum atomic E-state index is 0.921. The Kier molecular flexibility index (Phi) is 6.89. The molecule has 0 spiro atoms. The zero-order valence-corrected chi connectivity index (χ0v) is 23.1. The summed E-state index contributed by atoms with van der Waals surface area (Å²) in [6, 6.07) is 52.8. The van der Waals surface area contributed by atoms with Crippen molar-refractivity contribution >= 4 is 39.6 Å². The van der Waals surface area contributed by atoms with Crippen LogP contribution in [0.1, 0.15) is 11.1 Å². The van der Waals surface area contributed by atoms with Crippen LogP contribution in [0.4, 0.5) is 5.69 Å². The van der Waals surface area contributed by atoms with Crippen LogP contribution in [0.2, 0.25) is 0 Å². The molecule has 0 saturated carbocycles. The number of para-hydroxylation sites is 2. The molecule has 0 atom stereocenters. The molecule has 0 amide bonds. The van der Waals surface area contributed by atoms with Gasteiger partial charge in [-0.1, -0.05) is 103 Å². The highest BCUT2D eigenvalue weighted by molar-refractivity contribution is 5.88. The maximum Gasteiger partial charge on any atom is 0.145 e. The molecule has 3 nitrogen and oxygen atoms in total. The van der Waals surface area contributed by atoms with Crippen LogP contribution >= 0.6 is 0 Å². The number of aromatic nitrogens is 2. The summed E-state index contributed by atoms with van der Waals surface area (Å²) in [4.78, 5) is 7.24. The molecule has 0 saturated heterocycles. The average Bonchev–Trinajstić information content (AvgIpc) is 3.45. The van der Waals surface area contributed by atoms with Crippen molar-refractivity contribution < 1.29 is 0 Å². The van der Waals surface area contributed by atoms with Gasteiger partial charge in [-0.2, -0.15) is 0 Å². The van der Waals surface area contributed by atoms with Crippen molar-refractivity contribution in [3.63, 3.8) is 0 Å². The van der Waals surface area contributed by atoms with Crippen molar-refractivity contribution in [3.05, 3.63) is 175 Å². The van der Waals surface area contributed by atoms with E-state index in [1.807, 2.05) is 18.2 Å². The van der Waals surface area contributed by atoms with Gasteiger partial charge in [0.1, 0.15) is 5.82 Å². The fraction of sp³-hybridized carbons (Fsp3) is 0. The Morgan fingerprint density at radius 3 is 1.81 bits per heavy atom. The van der Waals surface area contributed by atoms with Crippen LogP contribution in [0, 0.1) is 0 Å². The monoisotopic (exact) mass is 539 g/mol. The molecule has 0 aliphatic heterocycles. The van der Waals surface area contributed by atoms with Crippen LogP contribution in [0.5, 0.6) is 0 Å². The van der Waals surface area contributed by atoms with E-state index in [2.05, 4.69) is 167 Å². The van der Waals surface area contributed by atoms with Crippen LogP contribution in [0.15, 0.2) is 164 Å². The molecular weight excluding hydrogens is 510 g/mol. The highest BCUT2D eigenvalue weighted by Crippen LogP contribution is 2.31. The van der Waals surface area contributed by atoms with Crippen LogP contribution in [-0.4, -0.2) is 9.55 Å². The van der Waals surface area contributed by atoms with Gasteiger partial charge in [0.05, 0.1) is 11.0 Å². The number of anilines is 1. The first kappa shape index (κ1) is 25.3. The highest BCUT2D eigenvalue weighted by atomic mass is 15.1. The molecule has 7 aromatic rings. The Bertz CT molecular complexity index is 1970. The van der Waals surface area contributed by atoms with E-state index in [1.165, 1.54) is 10.8 Å². The van der Waals surface area contributed by atoms with Crippen LogP contribution in [0.25, 0.3) is 51.0 Å². The quantitative estimate of drug-likeness (QED) is 0.201. The summed E-state index contributed by atoms with van der Waals surface area (Å²) in [6.45, 7) is 0. The van der Waals surface area contributed by atoms with Gasteiger partial charge in [0, 0.05) is 29.3 Å². The zero-order chi connectivity index (χ0) is 28.1. The second kappa shape index (κ2) is 11.4. The first-order chi connectivity index (χ1) is 20.8. The van der Waals surface area contributed by atoms with Gasteiger partial charge >= 0.3 is 0 Å². The molecule has 0 aliphatic rings. The third-order valence-electron chi connectivity index (χ3n) is 7.43. The molecule has 0 bridgehead atoms. The maximum atomic E-state index is 5.09. The second-order valence-corrected chi connectivity index (χ2v) is 10.2. The van der Waals surface area contributed by atoms with E-state index in [1.54, 1.807) is 0 Å². The van der Waals surface area contributed by atoms with Gasteiger partial charge in [-0.25, -0.2) is 4.98 Å². The number of hydrogen-bond acceptors (Lipinski definition) is 2. The Balaban J connectivity index is 1.28. The van der Waals surface area contributed by atoms with E-state index in [-0.39, 0.29) is 0 Å². The lowest BCUT2D eigenvalue weighted by Gasteiger charge is -2.17. The Labute approximate surface area is 246 Å². The van der Waals surface area contributed by atoms with Crippen molar-refractivity contribution in [1.29, 1.82) is 0 Å². The van der Waals surface area contributed by atoms with Crippen molar-refractivity contribution in [3.8, 4) is 17.1 Å². The molecule has 7 rings (SSSR count). The van der Waals surface area contributed by atoms with E-state index < -0.39 is 0 Å². The van der Waals surface area contributed by atoms with Gasteiger partial charge in [0.25, 0.3) is 0 Å². The molecule has 1 aromatic heterocycles. The third-order valence-corrected chi connectivity index (χ3v) is 7.43. The second-order valence-electron chi connectivity index (χ2n) is 10.2. The SMILES string of the molecule is C(=C\N(/C=C/c1ccccc1)c1ccc(-c2nc3ccccc3n2-c2ccc3ccccc3c2)cc1)/c1ccccc1. The molecule has 0 radical (unpaired) electrons. The van der Waals surface area contributed by atoms with Gasteiger partial charge in [-0.05, 0) is 82.6 Å². The van der Waals surface area contributed by atoms with Crippen molar-refractivity contribution in [2.75, 3.05) is 4.90 Å². The van der Waals surface area contributed by atoms with Gasteiger partial charge < -0.3 is 4.90 Å². The van der Waals surface area contributed by atoms with E-state index in [4.69, 9.17) is 4.98 Å². The maximum absolute atomic E-state index is 5.09. The smallest absolute Gasteiger partial charge is 0.145 e. The van der Waals surface area contributed by atoms with Crippen molar-refractivity contribution in [2.24, 2.45) is 0 Å². The number of nitrogens with zero attached hydrogens (tertiary/aromatic N) is 3. The minimum absolute atomic E-state index is 0.921. The molecule has 1 heterocycles. The zero-order valence-electron chi connectivity index (χ0n) is 23.1. The van der Waals surface area contributed by atoms with E-state index in [9.17, 15) is 0 Å². The van der Waals surface area contributed by atoms with Gasteiger partial charge in [0.15, 0.2) is 0 Å². The number of hydrogen-bond donors (Lipinski definition) is 0. The largest absolute Gasteiger partial charge is 0.324 e. The average molecular weight is 540 g/mol. The summed E-state index contributed by atoms with van der Waals surface area (Å²) >= 11 is 0. The first-order valence-corrected chi connectivity index (χ1v) is 14.1. The van der Waals surface area contributed by atoms with Gasteiger partial charge in [0.2, 0.25) is 0 Å². The normalized spacial score (nSPS) is 11.6. The number of imidazole rings is 1. The fourth-order valence-corrected chi connectivity index (χ4v) is 5.26. The summed E-state index contributed by atoms with van der Waals surface area (Å²) in [6.07, 6.45) is 8.47. The van der Waals surface area contributed by atoms with Crippen LogP contribution in [-0.2, 0) is 0 Å². The number of fused-ring (bicyclic) bond motifs is 2. The van der Waals surface area contributed by atoms with Crippen molar-refractivity contribution in [1.82, 2.24) is 9.55 Å². The summed E-state index contributed by atoms with van der Waals surface area (Å²) < 4.78 is 2.26. The molecule has 3 heteroatoms. The Morgan fingerprint density at radius 1 is 0.524 bits per heavy atom. The predicted octanol–water partition coefficient (Wildman–Crippen LogP) is 9.99.